The minimum absolute atomic E-state index is 0.0611. The van der Waals surface area contributed by atoms with Crippen molar-refractivity contribution in [1.82, 2.24) is 25.0 Å². The molecule has 0 bridgehead atoms. The Morgan fingerprint density at radius 1 is 1.32 bits per heavy atom. The van der Waals surface area contributed by atoms with E-state index in [2.05, 4.69) is 15.4 Å². The Balaban J connectivity index is 1.51. The molecule has 4 rings (SSSR count). The van der Waals surface area contributed by atoms with E-state index in [4.69, 9.17) is 4.74 Å². The van der Waals surface area contributed by atoms with E-state index < -0.39 is 0 Å². The minimum atomic E-state index is -0.314. The number of rotatable bonds is 1. The van der Waals surface area contributed by atoms with Gasteiger partial charge in [0.05, 0.1) is 19.1 Å². The molecule has 1 aromatic heterocycles. The van der Waals surface area contributed by atoms with Crippen LogP contribution in [0, 0.1) is 6.92 Å². The first-order valence-corrected chi connectivity index (χ1v) is 8.65. The molecule has 25 heavy (non-hydrogen) atoms. The van der Waals surface area contributed by atoms with Crippen LogP contribution in [-0.2, 0) is 13.1 Å². The van der Waals surface area contributed by atoms with Crippen molar-refractivity contribution in [3.63, 3.8) is 0 Å². The van der Waals surface area contributed by atoms with E-state index in [9.17, 15) is 4.79 Å². The first kappa shape index (κ1) is 15.9. The predicted molar refractivity (Wildman–Crippen MR) is 92.2 cm³/mol. The van der Waals surface area contributed by atoms with Gasteiger partial charge in [0, 0.05) is 18.5 Å². The summed E-state index contributed by atoms with van der Waals surface area (Å²) in [5, 5.41) is 7.53. The standard InChI is InChI=1S/C18H23N5O2/c1-12-19-16-11-22(8-9-23(16)21-12)17(24)20-14-10-18(2,3)25-15-7-5-4-6-13(14)15/h4-7,14H,8-11H2,1-3H3,(H,20,24)/t14-/m0/s1. The van der Waals surface area contributed by atoms with Crippen molar-refractivity contribution in [2.24, 2.45) is 0 Å². The van der Waals surface area contributed by atoms with Gasteiger partial charge < -0.3 is 15.0 Å². The number of carbonyl (C=O) groups is 1. The Hall–Kier alpha value is -2.57. The Morgan fingerprint density at radius 3 is 2.96 bits per heavy atom. The largest absolute Gasteiger partial charge is 0.487 e. The van der Waals surface area contributed by atoms with E-state index in [1.165, 1.54) is 0 Å². The third kappa shape index (κ3) is 3.06. The van der Waals surface area contributed by atoms with Crippen LogP contribution in [0.15, 0.2) is 24.3 Å². The number of hydrogen-bond donors (Lipinski definition) is 1. The maximum absolute atomic E-state index is 12.8. The zero-order valence-corrected chi connectivity index (χ0v) is 14.8. The summed E-state index contributed by atoms with van der Waals surface area (Å²) >= 11 is 0. The lowest BCUT2D eigenvalue weighted by Crippen LogP contribution is -2.48. The van der Waals surface area contributed by atoms with Gasteiger partial charge in [-0.15, -0.1) is 0 Å². The molecule has 2 amide bonds. The van der Waals surface area contributed by atoms with Crippen molar-refractivity contribution in [2.45, 2.75) is 51.9 Å². The van der Waals surface area contributed by atoms with Crippen molar-refractivity contribution >= 4 is 6.03 Å². The fourth-order valence-corrected chi connectivity index (χ4v) is 3.61. The average Bonchev–Trinajstić information content (AvgIpc) is 2.92. The molecule has 1 aromatic carbocycles. The van der Waals surface area contributed by atoms with Crippen LogP contribution in [0.2, 0.25) is 0 Å². The van der Waals surface area contributed by atoms with Crippen LogP contribution in [0.25, 0.3) is 0 Å². The minimum Gasteiger partial charge on any atom is -0.487 e. The number of nitrogens with one attached hydrogen (secondary N) is 1. The number of aromatic nitrogens is 3. The summed E-state index contributed by atoms with van der Waals surface area (Å²) in [6, 6.07) is 7.79. The zero-order chi connectivity index (χ0) is 17.6. The molecular weight excluding hydrogens is 318 g/mol. The van der Waals surface area contributed by atoms with Gasteiger partial charge in [-0.25, -0.2) is 14.5 Å². The molecule has 0 saturated heterocycles. The quantitative estimate of drug-likeness (QED) is 0.864. The summed E-state index contributed by atoms with van der Waals surface area (Å²) < 4.78 is 7.92. The third-order valence-corrected chi connectivity index (χ3v) is 4.73. The van der Waals surface area contributed by atoms with Gasteiger partial charge >= 0.3 is 6.03 Å². The SMILES string of the molecule is Cc1nc2n(n1)CCN(C(=O)N[C@H]1CC(C)(C)Oc3ccccc31)C2. The topological polar surface area (TPSA) is 72.3 Å². The van der Waals surface area contributed by atoms with Crippen LogP contribution in [0.3, 0.4) is 0 Å². The summed E-state index contributed by atoms with van der Waals surface area (Å²) in [5.41, 5.74) is 0.720. The number of urea groups is 1. The first-order valence-electron chi connectivity index (χ1n) is 8.65. The average molecular weight is 341 g/mol. The van der Waals surface area contributed by atoms with Gasteiger partial charge in [-0.05, 0) is 26.8 Å². The summed E-state index contributed by atoms with van der Waals surface area (Å²) in [5.74, 6) is 2.43. The molecule has 3 heterocycles. The van der Waals surface area contributed by atoms with E-state index in [0.717, 1.165) is 29.4 Å². The van der Waals surface area contributed by atoms with E-state index >= 15 is 0 Å². The van der Waals surface area contributed by atoms with Gasteiger partial charge in [0.1, 0.15) is 23.0 Å². The third-order valence-electron chi connectivity index (χ3n) is 4.73. The number of carbonyl (C=O) groups excluding carboxylic acids is 1. The molecule has 7 heteroatoms. The Morgan fingerprint density at radius 2 is 2.12 bits per heavy atom. The second-order valence-electron chi connectivity index (χ2n) is 7.33. The summed E-state index contributed by atoms with van der Waals surface area (Å²) in [7, 11) is 0. The molecule has 0 unspecified atom stereocenters. The van der Waals surface area contributed by atoms with Gasteiger partial charge in [0.15, 0.2) is 0 Å². The lowest BCUT2D eigenvalue weighted by molar-refractivity contribution is 0.0660. The summed E-state index contributed by atoms with van der Waals surface area (Å²) in [4.78, 5) is 19.0. The number of fused-ring (bicyclic) bond motifs is 2. The van der Waals surface area contributed by atoms with Crippen LogP contribution in [-0.4, -0.2) is 37.8 Å². The Bertz CT molecular complexity index is 814. The van der Waals surface area contributed by atoms with E-state index in [-0.39, 0.29) is 17.7 Å². The van der Waals surface area contributed by atoms with Crippen molar-refractivity contribution < 1.29 is 9.53 Å². The molecule has 0 fully saturated rings. The summed E-state index contributed by atoms with van der Waals surface area (Å²) in [6.45, 7) is 7.77. The normalized spacial score (nSPS) is 21.1. The molecule has 0 aliphatic carbocycles. The second-order valence-corrected chi connectivity index (χ2v) is 7.33. The molecule has 0 radical (unpaired) electrons. The fraction of sp³-hybridized carbons (Fsp3) is 0.500. The first-order chi connectivity index (χ1) is 11.9. The molecule has 7 nitrogen and oxygen atoms in total. The van der Waals surface area contributed by atoms with E-state index in [1.807, 2.05) is 49.7 Å². The Kier molecular flexibility index (Phi) is 3.67. The van der Waals surface area contributed by atoms with Crippen molar-refractivity contribution in [3.05, 3.63) is 41.5 Å². The lowest BCUT2D eigenvalue weighted by Gasteiger charge is -2.38. The highest BCUT2D eigenvalue weighted by Crippen LogP contribution is 2.39. The maximum Gasteiger partial charge on any atom is 0.318 e. The van der Waals surface area contributed by atoms with Gasteiger partial charge in [-0.2, -0.15) is 5.10 Å². The number of aryl methyl sites for hydroxylation is 1. The Labute approximate surface area is 147 Å². The van der Waals surface area contributed by atoms with Crippen LogP contribution in [0.5, 0.6) is 5.75 Å². The highest BCUT2D eigenvalue weighted by atomic mass is 16.5. The van der Waals surface area contributed by atoms with Gasteiger partial charge in [-0.3, -0.25) is 0 Å². The summed E-state index contributed by atoms with van der Waals surface area (Å²) in [6.07, 6.45) is 0.735. The van der Waals surface area contributed by atoms with Crippen molar-refractivity contribution in [1.29, 1.82) is 0 Å². The monoisotopic (exact) mass is 341 g/mol. The fourth-order valence-electron chi connectivity index (χ4n) is 3.61. The molecular formula is C18H23N5O2. The van der Waals surface area contributed by atoms with Gasteiger partial charge in [-0.1, -0.05) is 18.2 Å². The number of ether oxygens (including phenoxy) is 1. The van der Waals surface area contributed by atoms with Crippen LogP contribution in [0.1, 0.15) is 43.5 Å². The van der Waals surface area contributed by atoms with Crippen molar-refractivity contribution in [3.8, 4) is 5.75 Å². The number of benzene rings is 1. The molecule has 0 spiro atoms. The molecule has 2 aliphatic rings. The highest BCUT2D eigenvalue weighted by Gasteiger charge is 2.35. The maximum atomic E-state index is 12.8. The number of para-hydroxylation sites is 1. The number of hydrogen-bond acceptors (Lipinski definition) is 4. The molecule has 0 saturated carbocycles. The number of amides is 2. The van der Waals surface area contributed by atoms with E-state index in [1.54, 1.807) is 4.90 Å². The number of nitrogens with zero attached hydrogens (tertiary/aromatic N) is 4. The molecule has 2 aliphatic heterocycles. The smallest absolute Gasteiger partial charge is 0.318 e. The highest BCUT2D eigenvalue weighted by molar-refractivity contribution is 5.75. The second kappa shape index (κ2) is 5.75. The molecule has 1 atom stereocenters. The van der Waals surface area contributed by atoms with Gasteiger partial charge in [0.25, 0.3) is 0 Å². The molecule has 132 valence electrons. The zero-order valence-electron chi connectivity index (χ0n) is 14.8. The van der Waals surface area contributed by atoms with Crippen LogP contribution < -0.4 is 10.1 Å². The van der Waals surface area contributed by atoms with E-state index in [0.29, 0.717) is 19.6 Å². The van der Waals surface area contributed by atoms with Crippen LogP contribution >= 0.6 is 0 Å². The van der Waals surface area contributed by atoms with Crippen LogP contribution in [0.4, 0.5) is 4.79 Å². The molecule has 2 aromatic rings. The molecule has 1 N–H and O–H groups in total. The van der Waals surface area contributed by atoms with Gasteiger partial charge in [0.2, 0.25) is 0 Å². The predicted octanol–water partition coefficient (Wildman–Crippen LogP) is 2.41. The van der Waals surface area contributed by atoms with Crippen molar-refractivity contribution in [2.75, 3.05) is 6.54 Å². The lowest BCUT2D eigenvalue weighted by atomic mass is 9.90.